The first-order valence-electron chi connectivity index (χ1n) is 11.9. The van der Waals surface area contributed by atoms with Gasteiger partial charge in [0.2, 0.25) is 5.91 Å². The minimum absolute atomic E-state index is 0.0806. The number of aliphatic hydroxyl groups excluding tert-OH is 2. The predicted octanol–water partition coefficient (Wildman–Crippen LogP) is 3.65. The summed E-state index contributed by atoms with van der Waals surface area (Å²) in [5.41, 5.74) is 0.384. The van der Waals surface area contributed by atoms with Crippen LogP contribution in [0.25, 0.3) is 10.9 Å². The second kappa shape index (κ2) is 11.8. The molecule has 8 nitrogen and oxygen atoms in total. The first-order chi connectivity index (χ1) is 16.0. The number of carbonyl (C=O) groups is 2. The van der Waals surface area contributed by atoms with Gasteiger partial charge in [-0.15, -0.1) is 0 Å². The number of ether oxygens (including phenoxy) is 2. The molecule has 0 saturated heterocycles. The Bertz CT molecular complexity index is 956. The van der Waals surface area contributed by atoms with Crippen LogP contribution in [-0.4, -0.2) is 64.9 Å². The van der Waals surface area contributed by atoms with Crippen molar-refractivity contribution in [2.45, 2.75) is 78.1 Å². The number of fused-ring (bicyclic) bond motifs is 1. The van der Waals surface area contributed by atoms with E-state index >= 15 is 0 Å². The smallest absolute Gasteiger partial charge is 0.419 e. The molecular formula is C26H40N2O6. The molecule has 0 bridgehead atoms. The highest BCUT2D eigenvalue weighted by atomic mass is 16.6. The van der Waals surface area contributed by atoms with Gasteiger partial charge < -0.3 is 25.0 Å². The van der Waals surface area contributed by atoms with Gasteiger partial charge in [0.05, 0.1) is 30.8 Å². The summed E-state index contributed by atoms with van der Waals surface area (Å²) in [6.45, 7) is 9.27. The van der Waals surface area contributed by atoms with Crippen LogP contribution in [0, 0.1) is 5.41 Å². The molecule has 0 radical (unpaired) electrons. The van der Waals surface area contributed by atoms with Gasteiger partial charge in [0.1, 0.15) is 5.60 Å². The number of aromatic nitrogens is 1. The van der Waals surface area contributed by atoms with Crippen LogP contribution in [0.3, 0.4) is 0 Å². The van der Waals surface area contributed by atoms with Gasteiger partial charge >= 0.3 is 6.09 Å². The number of amides is 1. The van der Waals surface area contributed by atoms with Crippen molar-refractivity contribution in [3.05, 3.63) is 36.0 Å². The summed E-state index contributed by atoms with van der Waals surface area (Å²) >= 11 is 0. The number of hydrogen-bond acceptors (Lipinski definition) is 6. The minimum Gasteiger partial charge on any atom is -0.443 e. The third-order valence-electron chi connectivity index (χ3n) is 6.16. The number of carbonyl (C=O) groups excluding carboxylic acids is 2. The van der Waals surface area contributed by atoms with E-state index in [1.54, 1.807) is 13.1 Å². The van der Waals surface area contributed by atoms with Crippen LogP contribution in [0.15, 0.2) is 30.5 Å². The molecule has 1 heterocycles. The van der Waals surface area contributed by atoms with E-state index in [2.05, 4.69) is 5.32 Å². The van der Waals surface area contributed by atoms with Crippen molar-refractivity contribution >= 4 is 22.9 Å². The summed E-state index contributed by atoms with van der Waals surface area (Å²) in [5.74, 6) is -0.195. The molecule has 0 fully saturated rings. The summed E-state index contributed by atoms with van der Waals surface area (Å²) < 4.78 is 12.6. The van der Waals surface area contributed by atoms with Crippen LogP contribution in [0.4, 0.5) is 4.79 Å². The number of nitrogens with zero attached hydrogens (tertiary/aromatic N) is 1. The molecule has 1 amide bonds. The Balaban J connectivity index is 2.08. The average Bonchev–Trinajstić information content (AvgIpc) is 3.13. The van der Waals surface area contributed by atoms with E-state index in [0.29, 0.717) is 25.8 Å². The molecule has 2 rings (SSSR count). The van der Waals surface area contributed by atoms with E-state index in [1.807, 2.05) is 52.0 Å². The third kappa shape index (κ3) is 7.04. The Hall–Kier alpha value is -2.42. The maximum absolute atomic E-state index is 12.7. The van der Waals surface area contributed by atoms with Crippen molar-refractivity contribution < 1.29 is 29.3 Å². The highest BCUT2D eigenvalue weighted by Crippen LogP contribution is 2.35. The molecule has 0 aliphatic rings. The van der Waals surface area contributed by atoms with Crippen LogP contribution in [-0.2, 0) is 20.7 Å². The highest BCUT2D eigenvalue weighted by molar-refractivity contribution is 5.92. The van der Waals surface area contributed by atoms with Gasteiger partial charge in [0, 0.05) is 30.7 Å². The van der Waals surface area contributed by atoms with Gasteiger partial charge in [-0.1, -0.05) is 25.1 Å². The van der Waals surface area contributed by atoms with Crippen LogP contribution in [0.5, 0.6) is 0 Å². The fraction of sp³-hybridized carbons (Fsp3) is 0.615. The van der Waals surface area contributed by atoms with E-state index in [4.69, 9.17) is 9.47 Å². The van der Waals surface area contributed by atoms with Crippen molar-refractivity contribution in [3.8, 4) is 0 Å². The molecule has 1 aromatic heterocycles. The fourth-order valence-corrected chi connectivity index (χ4v) is 4.41. The monoisotopic (exact) mass is 476 g/mol. The Morgan fingerprint density at radius 3 is 2.44 bits per heavy atom. The molecule has 0 unspecified atom stereocenters. The van der Waals surface area contributed by atoms with Gasteiger partial charge in [-0.05, 0) is 58.6 Å². The molecular weight excluding hydrogens is 436 g/mol. The van der Waals surface area contributed by atoms with Gasteiger partial charge in [-0.3, -0.25) is 9.36 Å². The van der Waals surface area contributed by atoms with Crippen molar-refractivity contribution in [3.63, 3.8) is 0 Å². The zero-order chi connectivity index (χ0) is 25.5. The number of methoxy groups -OCH3 is 1. The van der Waals surface area contributed by atoms with Crippen LogP contribution in [0.1, 0.15) is 59.4 Å². The van der Waals surface area contributed by atoms with Gasteiger partial charge in [-0.2, -0.15) is 0 Å². The van der Waals surface area contributed by atoms with Gasteiger partial charge in [-0.25, -0.2) is 4.79 Å². The summed E-state index contributed by atoms with van der Waals surface area (Å²) in [6.07, 6.45) is 1.71. The molecule has 1 aromatic carbocycles. The lowest BCUT2D eigenvalue weighted by Crippen LogP contribution is -2.44. The van der Waals surface area contributed by atoms with Crippen molar-refractivity contribution in [2.24, 2.45) is 5.41 Å². The maximum Gasteiger partial charge on any atom is 0.419 e. The number of para-hydroxylation sites is 1. The van der Waals surface area contributed by atoms with E-state index in [1.165, 1.54) is 11.7 Å². The van der Waals surface area contributed by atoms with Crippen LogP contribution >= 0.6 is 0 Å². The zero-order valence-electron chi connectivity index (χ0n) is 21.3. The summed E-state index contributed by atoms with van der Waals surface area (Å²) in [7, 11) is 1.52. The van der Waals surface area contributed by atoms with Crippen LogP contribution < -0.4 is 5.32 Å². The standard InChI is InChI=1S/C26H40N2O6/c1-7-26(17-29,15-18(2)30)22(33-6)14-23(31)27-13-12-19-16-28(24(32)34-25(3,4)5)21-11-9-8-10-20(19)21/h8-11,16,18,22,29-30H,7,12-15,17H2,1-6H3,(H,27,31)/t18-,22-,26-/m0/s1. The molecule has 190 valence electrons. The largest absolute Gasteiger partial charge is 0.443 e. The molecule has 3 atom stereocenters. The first-order valence-corrected chi connectivity index (χ1v) is 11.9. The SMILES string of the molecule is CC[C@@](CO)(C[C@H](C)O)[C@H](CC(=O)NCCc1cn(C(=O)OC(C)(C)C)c2ccccc12)OC. The maximum atomic E-state index is 12.7. The van der Waals surface area contributed by atoms with Gasteiger partial charge in [0.15, 0.2) is 0 Å². The molecule has 0 saturated carbocycles. The second-order valence-corrected chi connectivity index (χ2v) is 9.98. The first kappa shape index (κ1) is 27.8. The molecule has 3 N–H and O–H groups in total. The van der Waals surface area contributed by atoms with E-state index in [9.17, 15) is 19.8 Å². The van der Waals surface area contributed by atoms with Crippen molar-refractivity contribution in [2.75, 3.05) is 20.3 Å². The molecule has 34 heavy (non-hydrogen) atoms. The Morgan fingerprint density at radius 1 is 1.21 bits per heavy atom. The van der Waals surface area contributed by atoms with Gasteiger partial charge in [0.25, 0.3) is 0 Å². The van der Waals surface area contributed by atoms with Crippen molar-refractivity contribution in [1.29, 1.82) is 0 Å². The van der Waals surface area contributed by atoms with E-state index in [0.717, 1.165) is 16.5 Å². The summed E-state index contributed by atoms with van der Waals surface area (Å²) in [6, 6.07) is 7.59. The molecule has 2 aromatic rings. The Kier molecular flexibility index (Phi) is 9.67. The second-order valence-electron chi connectivity index (χ2n) is 9.98. The summed E-state index contributed by atoms with van der Waals surface area (Å²) in [5, 5.41) is 23.8. The Labute approximate surface area is 202 Å². The lowest BCUT2D eigenvalue weighted by molar-refractivity contribution is -0.129. The molecule has 8 heteroatoms. The topological polar surface area (TPSA) is 110 Å². The zero-order valence-corrected chi connectivity index (χ0v) is 21.3. The highest BCUT2D eigenvalue weighted by Gasteiger charge is 2.39. The average molecular weight is 477 g/mol. The van der Waals surface area contributed by atoms with E-state index < -0.39 is 29.3 Å². The fourth-order valence-electron chi connectivity index (χ4n) is 4.41. The Morgan fingerprint density at radius 2 is 1.88 bits per heavy atom. The number of rotatable bonds is 11. The third-order valence-corrected chi connectivity index (χ3v) is 6.16. The number of benzene rings is 1. The molecule has 0 spiro atoms. The predicted molar refractivity (Wildman–Crippen MR) is 132 cm³/mol. The van der Waals surface area contributed by atoms with Crippen molar-refractivity contribution in [1.82, 2.24) is 9.88 Å². The number of aliphatic hydroxyl groups is 2. The normalized spacial score (nSPS) is 15.5. The number of nitrogens with one attached hydrogen (secondary N) is 1. The molecule has 0 aliphatic carbocycles. The minimum atomic E-state index is -0.693. The molecule has 0 aliphatic heterocycles. The van der Waals surface area contributed by atoms with Crippen LogP contribution in [0.2, 0.25) is 0 Å². The number of hydrogen-bond donors (Lipinski definition) is 3. The quantitative estimate of drug-likeness (QED) is 0.457. The lowest BCUT2D eigenvalue weighted by atomic mass is 9.74. The lowest BCUT2D eigenvalue weighted by Gasteiger charge is -2.38. The summed E-state index contributed by atoms with van der Waals surface area (Å²) in [4.78, 5) is 25.4. The van der Waals surface area contributed by atoms with E-state index in [-0.39, 0.29) is 18.9 Å².